The number of hydrogen-bond acceptors (Lipinski definition) is 7. The number of piperidine rings is 1. The molecule has 1 fully saturated rings. The fourth-order valence-electron chi connectivity index (χ4n) is 4.78. The summed E-state index contributed by atoms with van der Waals surface area (Å²) in [7, 11) is 0. The summed E-state index contributed by atoms with van der Waals surface area (Å²) >= 11 is 6.09. The molecule has 0 unspecified atom stereocenters. The minimum Gasteiger partial charge on any atom is -0.453 e. The summed E-state index contributed by atoms with van der Waals surface area (Å²) in [6.07, 6.45) is 1.36. The second-order valence-corrected chi connectivity index (χ2v) is 9.53. The van der Waals surface area contributed by atoms with Crippen LogP contribution in [0.3, 0.4) is 0 Å². The molecule has 1 saturated heterocycles. The second-order valence-electron chi connectivity index (χ2n) is 9.09. The van der Waals surface area contributed by atoms with Crippen LogP contribution in [0.1, 0.15) is 24.4 Å². The van der Waals surface area contributed by atoms with Gasteiger partial charge in [-0.2, -0.15) is 4.98 Å². The predicted octanol–water partition coefficient (Wildman–Crippen LogP) is 4.24. The largest absolute Gasteiger partial charge is 0.453 e. The third-order valence-corrected chi connectivity index (χ3v) is 6.89. The summed E-state index contributed by atoms with van der Waals surface area (Å²) in [6, 6.07) is 20.8. The standard InChI is InChI=1S/C27H23ClN6O3/c28-19-8-4-7-18(15-19)21-9-10-22(37-21)24-29-23-25(32-31-24)30-27(36)34(26(23)35)20-11-13-33(14-12-20)16-17-5-2-1-3-6-17/h1-10,15,20H,11-14,16H2,(H,30,32,36). The molecular formula is C27H23ClN6O3. The van der Waals surface area contributed by atoms with Crippen molar-refractivity contribution in [1.29, 1.82) is 0 Å². The number of fused-ring (bicyclic) bond motifs is 1. The van der Waals surface area contributed by atoms with E-state index in [1.165, 1.54) is 10.1 Å². The van der Waals surface area contributed by atoms with E-state index in [0.717, 1.165) is 25.2 Å². The molecule has 0 spiro atoms. The van der Waals surface area contributed by atoms with Crippen molar-refractivity contribution in [3.8, 4) is 34.4 Å². The van der Waals surface area contributed by atoms with E-state index in [-0.39, 0.29) is 23.4 Å². The van der Waals surface area contributed by atoms with Gasteiger partial charge < -0.3 is 4.42 Å². The molecule has 1 aromatic heterocycles. The van der Waals surface area contributed by atoms with E-state index in [0.29, 0.717) is 29.4 Å². The van der Waals surface area contributed by atoms with Gasteiger partial charge in [0.05, 0.1) is 0 Å². The molecule has 10 heteroatoms. The van der Waals surface area contributed by atoms with Crippen LogP contribution in [-0.2, 0) is 6.54 Å². The summed E-state index contributed by atoms with van der Waals surface area (Å²) in [5, 5.41) is 7.45. The monoisotopic (exact) mass is 514 g/mol. The number of nitrogens with zero attached hydrogens (tertiary/aromatic N) is 5. The number of aromatic nitrogens is 5. The zero-order valence-electron chi connectivity index (χ0n) is 19.8. The van der Waals surface area contributed by atoms with Crippen LogP contribution in [-0.4, -0.2) is 42.7 Å². The first-order valence-electron chi connectivity index (χ1n) is 12.1. The smallest absolute Gasteiger partial charge is 0.352 e. The minimum absolute atomic E-state index is 0.0528. The minimum atomic E-state index is -0.590. The van der Waals surface area contributed by atoms with Crippen molar-refractivity contribution in [3.63, 3.8) is 0 Å². The molecule has 3 aliphatic rings. The fraction of sp³-hybridized carbons (Fsp3) is 0.222. The first-order valence-corrected chi connectivity index (χ1v) is 12.4. The van der Waals surface area contributed by atoms with Gasteiger partial charge in [0, 0.05) is 36.3 Å². The lowest BCUT2D eigenvalue weighted by Gasteiger charge is -2.32. The van der Waals surface area contributed by atoms with Crippen LogP contribution < -0.4 is 11.2 Å². The number of nitrogens with one attached hydrogen (secondary N) is 1. The van der Waals surface area contributed by atoms with Gasteiger partial charge in [-0.1, -0.05) is 54.1 Å². The van der Waals surface area contributed by atoms with Gasteiger partial charge in [0.1, 0.15) is 5.76 Å². The Balaban J connectivity index is 1.27. The summed E-state index contributed by atoms with van der Waals surface area (Å²) < 4.78 is 7.17. The SMILES string of the molecule is O=c1nc2[nH]nc(-c3ccc(-c4cccc(Cl)c4)o3)nc-2c(=O)n1C1CCN(Cc2ccccc2)CC1. The lowest BCUT2D eigenvalue weighted by Crippen LogP contribution is -2.44. The van der Waals surface area contributed by atoms with Crippen molar-refractivity contribution in [2.24, 2.45) is 0 Å². The number of hydrogen-bond donors (Lipinski definition) is 1. The van der Waals surface area contributed by atoms with Crippen molar-refractivity contribution in [3.05, 3.63) is 98.2 Å². The number of rotatable bonds is 5. The molecule has 0 bridgehead atoms. The molecular weight excluding hydrogens is 492 g/mol. The van der Waals surface area contributed by atoms with E-state index >= 15 is 0 Å². The lowest BCUT2D eigenvalue weighted by atomic mass is 10.0. The number of furan rings is 1. The van der Waals surface area contributed by atoms with Gasteiger partial charge in [0.2, 0.25) is 5.82 Å². The first kappa shape index (κ1) is 23.3. The first-order chi connectivity index (χ1) is 18.0. The Hall–Kier alpha value is -4.08. The molecule has 0 saturated carbocycles. The summed E-state index contributed by atoms with van der Waals surface area (Å²) in [5.41, 5.74) is 1.04. The number of halogens is 1. The highest BCUT2D eigenvalue weighted by atomic mass is 35.5. The zero-order valence-corrected chi connectivity index (χ0v) is 20.6. The van der Waals surface area contributed by atoms with Crippen LogP contribution in [0.2, 0.25) is 5.02 Å². The third kappa shape index (κ3) is 4.71. The van der Waals surface area contributed by atoms with Crippen molar-refractivity contribution < 1.29 is 4.42 Å². The van der Waals surface area contributed by atoms with E-state index in [9.17, 15) is 9.59 Å². The van der Waals surface area contributed by atoms with Gasteiger partial charge in [-0.3, -0.25) is 19.4 Å². The molecule has 6 rings (SSSR count). The van der Waals surface area contributed by atoms with Crippen molar-refractivity contribution in [2.45, 2.75) is 25.4 Å². The van der Waals surface area contributed by atoms with Crippen LogP contribution in [0.4, 0.5) is 0 Å². The topological polar surface area (TPSA) is 110 Å². The number of aromatic amines is 1. The normalized spacial score (nSPS) is 14.8. The van der Waals surface area contributed by atoms with Gasteiger partial charge >= 0.3 is 5.69 Å². The highest BCUT2D eigenvalue weighted by Gasteiger charge is 2.27. The molecule has 0 radical (unpaired) electrons. The van der Waals surface area contributed by atoms with Crippen LogP contribution in [0.5, 0.6) is 0 Å². The molecule has 3 aromatic rings. The van der Waals surface area contributed by atoms with Crippen LogP contribution in [0.25, 0.3) is 34.4 Å². The highest BCUT2D eigenvalue weighted by Crippen LogP contribution is 2.29. The Morgan fingerprint density at radius 3 is 2.51 bits per heavy atom. The van der Waals surface area contributed by atoms with E-state index < -0.39 is 11.2 Å². The summed E-state index contributed by atoms with van der Waals surface area (Å²) in [4.78, 5) is 37.0. The van der Waals surface area contributed by atoms with Crippen molar-refractivity contribution >= 4 is 11.6 Å². The van der Waals surface area contributed by atoms with Gasteiger partial charge in [0.15, 0.2) is 17.3 Å². The van der Waals surface area contributed by atoms with Crippen LogP contribution in [0, 0.1) is 0 Å². The third-order valence-electron chi connectivity index (χ3n) is 6.65. The molecule has 4 heterocycles. The van der Waals surface area contributed by atoms with Gasteiger partial charge in [0.25, 0.3) is 5.56 Å². The lowest BCUT2D eigenvalue weighted by molar-refractivity contribution is 0.175. The average Bonchev–Trinajstić information content (AvgIpc) is 3.41. The Labute approximate surface area is 216 Å². The maximum atomic E-state index is 13.4. The molecule has 186 valence electrons. The zero-order chi connectivity index (χ0) is 25.4. The van der Waals surface area contributed by atoms with Crippen molar-refractivity contribution in [2.75, 3.05) is 13.1 Å². The number of H-pyrrole nitrogens is 1. The fourth-order valence-corrected chi connectivity index (χ4v) is 4.97. The molecule has 3 aliphatic heterocycles. The van der Waals surface area contributed by atoms with Crippen molar-refractivity contribution in [1.82, 2.24) is 29.6 Å². The number of benzene rings is 2. The Morgan fingerprint density at radius 2 is 1.73 bits per heavy atom. The maximum absolute atomic E-state index is 13.4. The molecule has 9 nitrogen and oxygen atoms in total. The Bertz CT molecular complexity index is 1640. The van der Waals surface area contributed by atoms with Gasteiger partial charge in [-0.05, 0) is 42.7 Å². The Kier molecular flexibility index (Phi) is 6.15. The average molecular weight is 515 g/mol. The van der Waals surface area contributed by atoms with Gasteiger partial charge in [-0.25, -0.2) is 9.78 Å². The summed E-state index contributed by atoms with van der Waals surface area (Å²) in [5.74, 6) is 1.22. The summed E-state index contributed by atoms with van der Waals surface area (Å²) in [6.45, 7) is 2.40. The van der Waals surface area contributed by atoms with E-state index in [1.54, 1.807) is 24.3 Å². The number of likely N-dealkylation sites (tertiary alicyclic amines) is 1. The molecule has 0 aliphatic carbocycles. The molecule has 0 atom stereocenters. The predicted molar refractivity (Wildman–Crippen MR) is 139 cm³/mol. The maximum Gasteiger partial charge on any atom is 0.352 e. The highest BCUT2D eigenvalue weighted by molar-refractivity contribution is 6.30. The molecule has 37 heavy (non-hydrogen) atoms. The van der Waals surface area contributed by atoms with Crippen LogP contribution >= 0.6 is 11.6 Å². The van der Waals surface area contributed by atoms with E-state index in [1.807, 2.05) is 30.3 Å². The quantitative estimate of drug-likeness (QED) is 0.373. The van der Waals surface area contributed by atoms with E-state index in [4.69, 9.17) is 16.0 Å². The van der Waals surface area contributed by atoms with E-state index in [2.05, 4.69) is 37.2 Å². The molecule has 2 aromatic carbocycles. The Morgan fingerprint density at radius 1 is 0.946 bits per heavy atom. The van der Waals surface area contributed by atoms with Crippen LogP contribution in [0.15, 0.2) is 80.7 Å². The molecule has 0 amide bonds. The second kappa shape index (κ2) is 9.76. The molecule has 1 N–H and O–H groups in total. The van der Waals surface area contributed by atoms with Gasteiger partial charge in [-0.15, -0.1) is 5.10 Å².